The molecule has 106 valence electrons. The molecule has 0 amide bonds. The molecule has 0 atom stereocenters. The zero-order chi connectivity index (χ0) is 14.1. The van der Waals surface area contributed by atoms with Gasteiger partial charge in [0.05, 0.1) is 11.4 Å². The first-order valence-electron chi connectivity index (χ1n) is 7.82. The highest BCUT2D eigenvalue weighted by molar-refractivity contribution is 5.67. The lowest BCUT2D eigenvalue weighted by Gasteiger charge is -2.24. The van der Waals surface area contributed by atoms with E-state index in [1.54, 1.807) is 0 Å². The SMILES string of the molecule is c1ccc(-c2nc3nccc-3[nH]c2C2CCCCC2)cc1. The largest absolute Gasteiger partial charge is 0.354 e. The summed E-state index contributed by atoms with van der Waals surface area (Å²) in [7, 11) is 0. The van der Waals surface area contributed by atoms with Crippen LogP contribution in [0, 0.1) is 0 Å². The van der Waals surface area contributed by atoms with Gasteiger partial charge >= 0.3 is 0 Å². The van der Waals surface area contributed by atoms with Crippen LogP contribution in [-0.2, 0) is 0 Å². The Kier molecular flexibility index (Phi) is 3.18. The fourth-order valence-electron chi connectivity index (χ4n) is 3.39. The Hall–Kier alpha value is -2.16. The lowest BCUT2D eigenvalue weighted by atomic mass is 9.85. The third kappa shape index (κ3) is 2.33. The summed E-state index contributed by atoms with van der Waals surface area (Å²) in [4.78, 5) is 12.8. The second-order valence-corrected chi connectivity index (χ2v) is 5.88. The molecule has 0 saturated heterocycles. The summed E-state index contributed by atoms with van der Waals surface area (Å²) in [5.74, 6) is 1.41. The van der Waals surface area contributed by atoms with Gasteiger partial charge in [0.1, 0.15) is 0 Å². The highest BCUT2D eigenvalue weighted by atomic mass is 15.0. The quantitative estimate of drug-likeness (QED) is 0.742. The van der Waals surface area contributed by atoms with Crippen LogP contribution in [0.3, 0.4) is 0 Å². The molecule has 2 aliphatic heterocycles. The van der Waals surface area contributed by atoms with Crippen LogP contribution in [0.4, 0.5) is 0 Å². The zero-order valence-corrected chi connectivity index (χ0v) is 12.0. The number of hydrogen-bond acceptors (Lipinski definition) is 2. The van der Waals surface area contributed by atoms with Gasteiger partial charge in [-0.1, -0.05) is 49.6 Å². The summed E-state index contributed by atoms with van der Waals surface area (Å²) in [5, 5.41) is 0. The molecule has 1 aliphatic carbocycles. The van der Waals surface area contributed by atoms with Crippen molar-refractivity contribution in [3.8, 4) is 22.8 Å². The van der Waals surface area contributed by atoms with Gasteiger partial charge in [-0.25, -0.2) is 9.97 Å². The minimum atomic E-state index is 0.598. The molecular formula is C18H19N3. The maximum Gasteiger partial charge on any atom is 0.176 e. The van der Waals surface area contributed by atoms with Crippen molar-refractivity contribution in [1.29, 1.82) is 0 Å². The standard InChI is InChI=1S/C18H19N3/c1-3-7-13(8-4-1)16-17(14-9-5-2-6-10-14)21-18-15(20-16)11-12-19-18/h2,5-6,9-13,20H,1,3-4,7-8H2. The smallest absolute Gasteiger partial charge is 0.176 e. The normalized spacial score (nSPS) is 16.4. The Bertz CT molecular complexity index is 696. The Morgan fingerprint density at radius 1 is 0.952 bits per heavy atom. The van der Waals surface area contributed by atoms with E-state index in [0.717, 1.165) is 17.2 Å². The van der Waals surface area contributed by atoms with Crippen molar-refractivity contribution in [2.24, 2.45) is 0 Å². The number of benzene rings is 1. The molecule has 1 N–H and O–H groups in total. The molecule has 3 nitrogen and oxygen atoms in total. The summed E-state index contributed by atoms with van der Waals surface area (Å²) in [6.45, 7) is 0. The molecule has 0 spiro atoms. The molecular weight excluding hydrogens is 258 g/mol. The van der Waals surface area contributed by atoms with E-state index < -0.39 is 0 Å². The van der Waals surface area contributed by atoms with Crippen molar-refractivity contribution in [2.45, 2.75) is 38.0 Å². The number of aromatic nitrogens is 3. The van der Waals surface area contributed by atoms with Crippen LogP contribution in [0.1, 0.15) is 43.7 Å². The summed E-state index contributed by atoms with van der Waals surface area (Å²) >= 11 is 0. The number of nitrogens with zero attached hydrogens (tertiary/aromatic N) is 2. The first-order valence-corrected chi connectivity index (χ1v) is 7.82. The predicted octanol–water partition coefficient (Wildman–Crippen LogP) is 4.62. The molecule has 0 bridgehead atoms. The molecule has 0 unspecified atom stereocenters. The Labute approximate surface area is 124 Å². The van der Waals surface area contributed by atoms with Crippen LogP contribution in [-0.4, -0.2) is 15.0 Å². The maximum atomic E-state index is 4.84. The van der Waals surface area contributed by atoms with Crippen LogP contribution in [0.25, 0.3) is 22.8 Å². The van der Waals surface area contributed by atoms with E-state index in [4.69, 9.17) is 4.98 Å². The van der Waals surface area contributed by atoms with Crippen LogP contribution in [0.2, 0.25) is 0 Å². The maximum absolute atomic E-state index is 4.84. The van der Waals surface area contributed by atoms with Crippen molar-refractivity contribution in [2.75, 3.05) is 0 Å². The van der Waals surface area contributed by atoms with Gasteiger partial charge in [0, 0.05) is 23.4 Å². The van der Waals surface area contributed by atoms with Gasteiger partial charge in [0.2, 0.25) is 0 Å². The van der Waals surface area contributed by atoms with Crippen LogP contribution in [0.15, 0.2) is 42.6 Å². The highest BCUT2D eigenvalue weighted by Crippen LogP contribution is 2.37. The van der Waals surface area contributed by atoms with Crippen LogP contribution < -0.4 is 0 Å². The predicted molar refractivity (Wildman–Crippen MR) is 84.3 cm³/mol. The molecule has 1 aromatic rings. The summed E-state index contributed by atoms with van der Waals surface area (Å²) < 4.78 is 0. The lowest BCUT2D eigenvalue weighted by molar-refractivity contribution is 0.437. The lowest BCUT2D eigenvalue weighted by Crippen LogP contribution is -2.10. The van der Waals surface area contributed by atoms with Gasteiger partial charge in [-0.15, -0.1) is 0 Å². The number of aromatic amines is 1. The third-order valence-electron chi connectivity index (χ3n) is 4.48. The molecule has 21 heavy (non-hydrogen) atoms. The zero-order valence-electron chi connectivity index (χ0n) is 12.0. The monoisotopic (exact) mass is 277 g/mol. The van der Waals surface area contributed by atoms with Crippen molar-refractivity contribution < 1.29 is 0 Å². The minimum absolute atomic E-state index is 0.598. The van der Waals surface area contributed by atoms with Gasteiger partial charge in [-0.05, 0) is 18.9 Å². The Morgan fingerprint density at radius 3 is 2.57 bits per heavy atom. The van der Waals surface area contributed by atoms with E-state index in [1.807, 2.05) is 18.3 Å². The fourth-order valence-corrected chi connectivity index (χ4v) is 3.39. The van der Waals surface area contributed by atoms with Gasteiger partial charge in [-0.3, -0.25) is 0 Å². The van der Waals surface area contributed by atoms with Crippen molar-refractivity contribution in [1.82, 2.24) is 15.0 Å². The Balaban J connectivity index is 1.88. The highest BCUT2D eigenvalue weighted by Gasteiger charge is 2.23. The van der Waals surface area contributed by atoms with E-state index in [1.165, 1.54) is 43.4 Å². The first-order chi connectivity index (χ1) is 10.4. The number of nitrogens with one attached hydrogen (secondary N) is 1. The minimum Gasteiger partial charge on any atom is -0.354 e. The number of hydrogen-bond donors (Lipinski definition) is 1. The van der Waals surface area contributed by atoms with Gasteiger partial charge in [0.25, 0.3) is 0 Å². The average Bonchev–Trinajstić information content (AvgIpc) is 3.03. The van der Waals surface area contributed by atoms with Gasteiger partial charge in [0.15, 0.2) is 5.82 Å². The van der Waals surface area contributed by atoms with E-state index in [-0.39, 0.29) is 0 Å². The van der Waals surface area contributed by atoms with Crippen LogP contribution >= 0.6 is 0 Å². The Morgan fingerprint density at radius 2 is 1.76 bits per heavy atom. The average molecular weight is 277 g/mol. The van der Waals surface area contributed by atoms with Crippen molar-refractivity contribution >= 4 is 0 Å². The van der Waals surface area contributed by atoms with Gasteiger partial charge < -0.3 is 4.98 Å². The molecule has 1 saturated carbocycles. The van der Waals surface area contributed by atoms with E-state index in [0.29, 0.717) is 5.92 Å². The summed E-state index contributed by atoms with van der Waals surface area (Å²) in [5.41, 5.74) is 4.60. The molecule has 2 heterocycles. The molecule has 0 radical (unpaired) electrons. The van der Waals surface area contributed by atoms with Crippen molar-refractivity contribution in [3.05, 3.63) is 48.3 Å². The molecule has 1 aromatic carbocycles. The van der Waals surface area contributed by atoms with Gasteiger partial charge in [-0.2, -0.15) is 0 Å². The van der Waals surface area contributed by atoms with E-state index in [2.05, 4.69) is 34.2 Å². The second kappa shape index (κ2) is 5.32. The summed E-state index contributed by atoms with van der Waals surface area (Å²) in [6.07, 6.45) is 8.36. The molecule has 1 fully saturated rings. The molecule has 4 rings (SSSR count). The molecule has 3 heteroatoms. The number of fused-ring (bicyclic) bond motifs is 1. The fraction of sp³-hybridized carbons (Fsp3) is 0.333. The topological polar surface area (TPSA) is 41.6 Å². The number of rotatable bonds is 2. The molecule has 0 aromatic heterocycles. The second-order valence-electron chi connectivity index (χ2n) is 5.88. The van der Waals surface area contributed by atoms with E-state index in [9.17, 15) is 0 Å². The van der Waals surface area contributed by atoms with Crippen LogP contribution in [0.5, 0.6) is 0 Å². The van der Waals surface area contributed by atoms with E-state index >= 15 is 0 Å². The third-order valence-corrected chi connectivity index (χ3v) is 4.48. The number of H-pyrrole nitrogens is 1. The molecule has 3 aliphatic rings. The summed E-state index contributed by atoms with van der Waals surface area (Å²) in [6, 6.07) is 12.5. The first kappa shape index (κ1) is 12.6. The van der Waals surface area contributed by atoms with Crippen molar-refractivity contribution in [3.63, 3.8) is 0 Å².